The van der Waals surface area contributed by atoms with E-state index in [1.54, 1.807) is 0 Å². The molecule has 2 heterocycles. The second kappa shape index (κ2) is 7.81. The number of hydrogen-bond donors (Lipinski definition) is 2. The lowest BCUT2D eigenvalue weighted by Gasteiger charge is -2.34. The van der Waals surface area contributed by atoms with Gasteiger partial charge in [0.2, 0.25) is 0 Å². The van der Waals surface area contributed by atoms with Crippen LogP contribution in [0.15, 0.2) is 60.8 Å². The molecule has 0 spiro atoms. The Bertz CT molecular complexity index is 1030. The van der Waals surface area contributed by atoms with Crippen molar-refractivity contribution < 1.29 is 22.4 Å². The van der Waals surface area contributed by atoms with Crippen molar-refractivity contribution in [2.45, 2.75) is 31.2 Å². The molecule has 4 rings (SSSR count). The molecule has 0 unspecified atom stereocenters. The third kappa shape index (κ3) is 4.00. The van der Waals surface area contributed by atoms with E-state index < -0.39 is 30.0 Å². The topological polar surface area (TPSA) is 59.0 Å². The summed E-state index contributed by atoms with van der Waals surface area (Å²) in [5, 5.41) is 9.52. The van der Waals surface area contributed by atoms with Gasteiger partial charge in [0.1, 0.15) is 17.2 Å². The Kier molecular flexibility index (Phi) is 5.19. The van der Waals surface area contributed by atoms with Crippen molar-refractivity contribution in [2.24, 2.45) is 0 Å². The van der Waals surface area contributed by atoms with Crippen LogP contribution in [0, 0.1) is 5.82 Å². The molecule has 1 aliphatic rings. The molecule has 0 saturated heterocycles. The average molecular weight is 418 g/mol. The second-order valence-corrected chi connectivity index (χ2v) is 7.06. The van der Waals surface area contributed by atoms with Crippen LogP contribution in [0.5, 0.6) is 0 Å². The second-order valence-electron chi connectivity index (χ2n) is 7.06. The third-order valence-corrected chi connectivity index (χ3v) is 5.05. The number of anilines is 1. The molecular weight excluding hydrogens is 400 g/mol. The smallest absolute Gasteiger partial charge is 0.363 e. The van der Waals surface area contributed by atoms with Crippen LogP contribution >= 0.6 is 0 Å². The van der Waals surface area contributed by atoms with Gasteiger partial charge in [-0.05, 0) is 23.3 Å². The minimum Gasteiger partial charge on any atom is -0.363 e. The van der Waals surface area contributed by atoms with Crippen molar-refractivity contribution in [3.63, 3.8) is 0 Å². The van der Waals surface area contributed by atoms with Crippen molar-refractivity contribution >= 4 is 11.7 Å². The fraction of sp³-hybridized carbons (Fsp3) is 0.238. The zero-order valence-corrected chi connectivity index (χ0v) is 15.7. The van der Waals surface area contributed by atoms with Gasteiger partial charge in [-0.3, -0.25) is 4.79 Å². The molecule has 0 aliphatic carbocycles. The van der Waals surface area contributed by atoms with E-state index in [2.05, 4.69) is 15.7 Å². The molecule has 3 aromatic rings. The first-order valence-corrected chi connectivity index (χ1v) is 9.31. The number of nitrogens with one attached hydrogen (secondary N) is 2. The van der Waals surface area contributed by atoms with Gasteiger partial charge in [0.05, 0.1) is 12.2 Å². The van der Waals surface area contributed by atoms with E-state index in [4.69, 9.17) is 0 Å². The summed E-state index contributed by atoms with van der Waals surface area (Å²) in [4.78, 5) is 12.7. The highest BCUT2D eigenvalue weighted by molar-refractivity contribution is 5.98. The van der Waals surface area contributed by atoms with Crippen molar-refractivity contribution in [3.8, 4) is 0 Å². The Morgan fingerprint density at radius 2 is 1.83 bits per heavy atom. The fourth-order valence-corrected chi connectivity index (χ4v) is 3.52. The maximum absolute atomic E-state index is 13.7. The summed E-state index contributed by atoms with van der Waals surface area (Å²) in [6.07, 6.45) is -3.75. The molecule has 30 heavy (non-hydrogen) atoms. The zero-order chi connectivity index (χ0) is 21.3. The Morgan fingerprint density at radius 1 is 1.13 bits per heavy atom. The zero-order valence-electron chi connectivity index (χ0n) is 15.7. The van der Waals surface area contributed by atoms with Gasteiger partial charge in [-0.25, -0.2) is 9.07 Å². The largest absolute Gasteiger partial charge is 0.410 e. The Balaban J connectivity index is 1.62. The van der Waals surface area contributed by atoms with Crippen molar-refractivity contribution in [2.75, 3.05) is 5.32 Å². The van der Waals surface area contributed by atoms with E-state index in [0.29, 0.717) is 5.56 Å². The summed E-state index contributed by atoms with van der Waals surface area (Å²) in [5.74, 6) is -1.02. The predicted molar refractivity (Wildman–Crippen MR) is 102 cm³/mol. The van der Waals surface area contributed by atoms with E-state index in [9.17, 15) is 22.4 Å². The van der Waals surface area contributed by atoms with E-state index in [-0.39, 0.29) is 24.3 Å². The molecule has 0 radical (unpaired) electrons. The van der Waals surface area contributed by atoms with Crippen LogP contribution in [0.3, 0.4) is 0 Å². The highest BCUT2D eigenvalue weighted by atomic mass is 19.4. The quantitative estimate of drug-likeness (QED) is 0.609. The summed E-state index contributed by atoms with van der Waals surface area (Å²) in [5.41, 5.74) is 1.37. The first kappa shape index (κ1) is 19.9. The Morgan fingerprint density at radius 3 is 2.50 bits per heavy atom. The van der Waals surface area contributed by atoms with Gasteiger partial charge >= 0.3 is 6.18 Å². The van der Waals surface area contributed by atoms with Crippen LogP contribution < -0.4 is 10.6 Å². The number of carbonyl (C=O) groups is 1. The maximum atomic E-state index is 13.7. The molecule has 0 saturated carbocycles. The average Bonchev–Trinajstić information content (AvgIpc) is 3.16. The number of rotatable bonds is 4. The summed E-state index contributed by atoms with van der Waals surface area (Å²) < 4.78 is 55.2. The van der Waals surface area contributed by atoms with Crippen molar-refractivity contribution in [3.05, 3.63) is 83.3 Å². The molecular formula is C21H18F4N4O. The van der Waals surface area contributed by atoms with Crippen LogP contribution in [-0.4, -0.2) is 21.9 Å². The van der Waals surface area contributed by atoms with Gasteiger partial charge in [-0.15, -0.1) is 0 Å². The van der Waals surface area contributed by atoms with Gasteiger partial charge in [0.15, 0.2) is 6.04 Å². The first-order valence-electron chi connectivity index (χ1n) is 9.31. The number of carbonyl (C=O) groups excluding carboxylic acids is 1. The van der Waals surface area contributed by atoms with Crippen molar-refractivity contribution in [1.29, 1.82) is 0 Å². The highest BCUT2D eigenvalue weighted by Gasteiger charge is 2.47. The molecule has 0 fully saturated rings. The number of fused-ring (bicyclic) bond motifs is 1. The minimum atomic E-state index is -4.56. The van der Waals surface area contributed by atoms with Crippen LogP contribution in [0.25, 0.3) is 0 Å². The van der Waals surface area contributed by atoms with Crippen molar-refractivity contribution in [1.82, 2.24) is 15.1 Å². The van der Waals surface area contributed by atoms with Gasteiger partial charge in [0, 0.05) is 13.0 Å². The van der Waals surface area contributed by atoms with Gasteiger partial charge in [-0.1, -0.05) is 42.5 Å². The lowest BCUT2D eigenvalue weighted by molar-refractivity contribution is -0.173. The molecule has 156 valence electrons. The standard InChI is InChI=1S/C21H18F4N4O/c22-15-8-6-14(7-9-15)17-10-18(21(23,24)25)29-19(28-17)16(12-27-29)20(30)26-11-13-4-2-1-3-5-13/h1-9,12,17-18,28H,10-11H2,(H,26,30)/t17-,18+/m0/s1. The Labute approximate surface area is 169 Å². The molecule has 2 atom stereocenters. The number of aromatic nitrogens is 2. The van der Waals surface area contributed by atoms with Crippen LogP contribution in [0.2, 0.25) is 0 Å². The lowest BCUT2D eigenvalue weighted by atomic mass is 9.96. The van der Waals surface area contributed by atoms with Gasteiger partial charge in [0.25, 0.3) is 5.91 Å². The lowest BCUT2D eigenvalue weighted by Crippen LogP contribution is -2.36. The number of hydrogen-bond acceptors (Lipinski definition) is 3. The van der Waals surface area contributed by atoms with E-state index in [1.165, 1.54) is 24.3 Å². The first-order chi connectivity index (χ1) is 14.3. The molecule has 2 aromatic carbocycles. The van der Waals surface area contributed by atoms with Crippen LogP contribution in [0.1, 0.15) is 40.0 Å². The van der Waals surface area contributed by atoms with Gasteiger partial charge in [-0.2, -0.15) is 18.3 Å². The molecule has 9 heteroatoms. The van der Waals surface area contributed by atoms with E-state index in [0.717, 1.165) is 16.4 Å². The van der Waals surface area contributed by atoms with E-state index >= 15 is 0 Å². The molecule has 0 bridgehead atoms. The molecule has 5 nitrogen and oxygen atoms in total. The fourth-order valence-electron chi connectivity index (χ4n) is 3.52. The van der Waals surface area contributed by atoms with Gasteiger partial charge < -0.3 is 10.6 Å². The number of halogens is 4. The number of benzene rings is 2. The highest BCUT2D eigenvalue weighted by Crippen LogP contribution is 2.44. The summed E-state index contributed by atoms with van der Waals surface area (Å²) >= 11 is 0. The molecule has 1 amide bonds. The summed E-state index contributed by atoms with van der Waals surface area (Å²) in [6, 6.07) is 11.8. The van der Waals surface area contributed by atoms with E-state index in [1.807, 2.05) is 30.3 Å². The molecule has 1 aromatic heterocycles. The Hall–Kier alpha value is -3.36. The third-order valence-electron chi connectivity index (χ3n) is 5.05. The van der Waals surface area contributed by atoms with Crippen LogP contribution in [-0.2, 0) is 6.54 Å². The summed E-state index contributed by atoms with van der Waals surface area (Å²) in [7, 11) is 0. The molecule has 1 aliphatic heterocycles. The van der Waals surface area contributed by atoms with Crippen LogP contribution in [0.4, 0.5) is 23.4 Å². The monoisotopic (exact) mass is 418 g/mol. The number of nitrogens with zero attached hydrogens (tertiary/aromatic N) is 2. The maximum Gasteiger partial charge on any atom is 0.410 e. The number of amides is 1. The molecule has 2 N–H and O–H groups in total. The minimum absolute atomic E-state index is 0.0107. The summed E-state index contributed by atoms with van der Waals surface area (Å²) in [6.45, 7) is 0.231. The number of alkyl halides is 3. The predicted octanol–water partition coefficient (Wildman–Crippen LogP) is 4.61. The normalized spacial score (nSPS) is 18.4. The SMILES string of the molecule is O=C(NCc1ccccc1)c1cnn2c1N[C@H](c1ccc(F)cc1)C[C@@H]2C(F)(F)F.